The first-order chi connectivity index (χ1) is 6.97. The Bertz CT molecular complexity index is 376. The summed E-state index contributed by atoms with van der Waals surface area (Å²) in [6, 6.07) is 7.53. The third-order valence-electron chi connectivity index (χ3n) is 2.83. The molecule has 2 rings (SSSR count). The third-order valence-corrected chi connectivity index (χ3v) is 2.83. The molecule has 1 aromatic carbocycles. The van der Waals surface area contributed by atoms with Gasteiger partial charge in [-0.1, -0.05) is 18.2 Å². The summed E-state index contributed by atoms with van der Waals surface area (Å²) < 4.78 is 5.80. The lowest BCUT2D eigenvalue weighted by Crippen LogP contribution is -2.48. The Hall–Kier alpha value is -1.06. The number of ether oxygens (including phenoxy) is 1. The average molecular weight is 207 g/mol. The summed E-state index contributed by atoms with van der Waals surface area (Å²) in [5.41, 5.74) is 5.13. The quantitative estimate of drug-likeness (QED) is 0.731. The summed E-state index contributed by atoms with van der Waals surface area (Å²) in [5, 5.41) is 10.5. The molecule has 0 bridgehead atoms. The number of benzene rings is 1. The zero-order chi connectivity index (χ0) is 11.1. The van der Waals surface area contributed by atoms with Gasteiger partial charge >= 0.3 is 0 Å². The summed E-state index contributed by atoms with van der Waals surface area (Å²) in [6.45, 7) is 4.14. The normalized spacial score (nSPS) is 28.0. The molecule has 0 aliphatic carbocycles. The molecule has 1 aromatic rings. The maximum atomic E-state index is 10.5. The van der Waals surface area contributed by atoms with E-state index in [9.17, 15) is 5.11 Å². The van der Waals surface area contributed by atoms with Crippen LogP contribution in [0, 0.1) is 0 Å². The van der Waals surface area contributed by atoms with Gasteiger partial charge in [-0.3, -0.25) is 0 Å². The molecule has 15 heavy (non-hydrogen) atoms. The van der Waals surface area contributed by atoms with E-state index in [-0.39, 0.29) is 12.1 Å². The molecular formula is C12H17NO2. The number of hydrogen-bond acceptors (Lipinski definition) is 3. The molecule has 0 radical (unpaired) electrons. The van der Waals surface area contributed by atoms with Crippen LogP contribution in [0.2, 0.25) is 0 Å². The first-order valence-electron chi connectivity index (χ1n) is 5.18. The van der Waals surface area contributed by atoms with Crippen molar-refractivity contribution in [3.8, 4) is 5.75 Å². The molecule has 3 N–H and O–H groups in total. The van der Waals surface area contributed by atoms with Gasteiger partial charge in [0.2, 0.25) is 0 Å². The van der Waals surface area contributed by atoms with Crippen molar-refractivity contribution < 1.29 is 9.84 Å². The monoisotopic (exact) mass is 207 g/mol. The van der Waals surface area contributed by atoms with Crippen LogP contribution in [0.4, 0.5) is 0 Å². The Morgan fingerprint density at radius 3 is 2.73 bits per heavy atom. The number of aliphatic hydroxyl groups is 1. The van der Waals surface area contributed by atoms with Crippen molar-refractivity contribution in [2.24, 2.45) is 5.73 Å². The zero-order valence-corrected chi connectivity index (χ0v) is 9.16. The van der Waals surface area contributed by atoms with Crippen LogP contribution >= 0.6 is 0 Å². The van der Waals surface area contributed by atoms with E-state index in [2.05, 4.69) is 0 Å². The molecular weight excluding hydrogens is 190 g/mol. The first kappa shape index (κ1) is 10.5. The smallest absolute Gasteiger partial charge is 0.126 e. The van der Waals surface area contributed by atoms with Crippen molar-refractivity contribution in [1.29, 1.82) is 0 Å². The van der Waals surface area contributed by atoms with Crippen LogP contribution in [0.1, 0.15) is 25.8 Å². The molecule has 3 heteroatoms. The molecule has 3 nitrogen and oxygen atoms in total. The van der Waals surface area contributed by atoms with Crippen LogP contribution in [0.25, 0.3) is 0 Å². The van der Waals surface area contributed by atoms with E-state index in [0.29, 0.717) is 6.42 Å². The van der Waals surface area contributed by atoms with Crippen LogP contribution in [0.15, 0.2) is 24.3 Å². The molecule has 1 aliphatic rings. The number of para-hydroxylation sites is 1. The standard InChI is InChI=1S/C12H17NO2/c1-11(2)7-12(14,8-13)9-5-3-4-6-10(9)15-11/h3-6,14H,7-8,13H2,1-2H3. The van der Waals surface area contributed by atoms with Gasteiger partial charge in [-0.2, -0.15) is 0 Å². The summed E-state index contributed by atoms with van der Waals surface area (Å²) in [6.07, 6.45) is 0.521. The molecule has 82 valence electrons. The van der Waals surface area contributed by atoms with Crippen molar-refractivity contribution in [1.82, 2.24) is 0 Å². The predicted octanol–water partition coefficient (Wildman–Crippen LogP) is 1.39. The Morgan fingerprint density at radius 2 is 2.07 bits per heavy atom. The largest absolute Gasteiger partial charge is 0.487 e. The molecule has 0 aromatic heterocycles. The topological polar surface area (TPSA) is 55.5 Å². The Labute approximate surface area is 89.9 Å². The molecule has 1 heterocycles. The second-order valence-electron chi connectivity index (χ2n) is 4.77. The zero-order valence-electron chi connectivity index (χ0n) is 9.16. The molecule has 0 amide bonds. The van der Waals surface area contributed by atoms with Gasteiger partial charge in [0.05, 0.1) is 0 Å². The summed E-state index contributed by atoms with van der Waals surface area (Å²) >= 11 is 0. The van der Waals surface area contributed by atoms with Gasteiger partial charge in [-0.05, 0) is 19.9 Å². The number of fused-ring (bicyclic) bond motifs is 1. The summed E-state index contributed by atoms with van der Waals surface area (Å²) in [4.78, 5) is 0. The van der Waals surface area contributed by atoms with Gasteiger partial charge in [0.25, 0.3) is 0 Å². The van der Waals surface area contributed by atoms with Crippen LogP contribution in [-0.2, 0) is 5.60 Å². The fourth-order valence-electron chi connectivity index (χ4n) is 2.26. The lowest BCUT2D eigenvalue weighted by atomic mass is 9.80. The van der Waals surface area contributed by atoms with Crippen molar-refractivity contribution in [2.45, 2.75) is 31.5 Å². The van der Waals surface area contributed by atoms with Crippen LogP contribution < -0.4 is 10.5 Å². The molecule has 1 unspecified atom stereocenters. The lowest BCUT2D eigenvalue weighted by Gasteiger charge is -2.42. The highest BCUT2D eigenvalue weighted by Gasteiger charge is 2.42. The average Bonchev–Trinajstić information content (AvgIpc) is 2.16. The van der Waals surface area contributed by atoms with Crippen LogP contribution in [0.3, 0.4) is 0 Å². The van der Waals surface area contributed by atoms with E-state index in [0.717, 1.165) is 11.3 Å². The molecule has 1 aliphatic heterocycles. The Balaban J connectivity index is 2.53. The van der Waals surface area contributed by atoms with Crippen LogP contribution in [-0.4, -0.2) is 17.3 Å². The molecule has 0 saturated carbocycles. The minimum atomic E-state index is -0.960. The van der Waals surface area contributed by atoms with Crippen molar-refractivity contribution in [3.63, 3.8) is 0 Å². The van der Waals surface area contributed by atoms with Gasteiger partial charge in [-0.15, -0.1) is 0 Å². The highest BCUT2D eigenvalue weighted by Crippen LogP contribution is 2.42. The highest BCUT2D eigenvalue weighted by molar-refractivity contribution is 5.41. The van der Waals surface area contributed by atoms with E-state index >= 15 is 0 Å². The fraction of sp³-hybridized carbons (Fsp3) is 0.500. The number of hydrogen-bond donors (Lipinski definition) is 2. The molecule has 0 saturated heterocycles. The third kappa shape index (κ3) is 1.73. The van der Waals surface area contributed by atoms with Gasteiger partial charge in [0, 0.05) is 18.5 Å². The van der Waals surface area contributed by atoms with Gasteiger partial charge in [-0.25, -0.2) is 0 Å². The van der Waals surface area contributed by atoms with E-state index in [1.165, 1.54) is 0 Å². The van der Waals surface area contributed by atoms with Gasteiger partial charge < -0.3 is 15.6 Å². The van der Waals surface area contributed by atoms with E-state index in [4.69, 9.17) is 10.5 Å². The maximum absolute atomic E-state index is 10.5. The first-order valence-corrected chi connectivity index (χ1v) is 5.18. The minimum absolute atomic E-state index is 0.219. The second kappa shape index (κ2) is 3.22. The van der Waals surface area contributed by atoms with E-state index in [1.54, 1.807) is 0 Å². The molecule has 0 fully saturated rings. The lowest BCUT2D eigenvalue weighted by molar-refractivity contribution is -0.0578. The number of nitrogens with two attached hydrogens (primary N) is 1. The maximum Gasteiger partial charge on any atom is 0.126 e. The number of rotatable bonds is 1. The van der Waals surface area contributed by atoms with Crippen molar-refractivity contribution >= 4 is 0 Å². The Kier molecular flexibility index (Phi) is 2.24. The summed E-state index contributed by atoms with van der Waals surface area (Å²) in [7, 11) is 0. The Morgan fingerprint density at radius 1 is 1.40 bits per heavy atom. The van der Waals surface area contributed by atoms with Crippen molar-refractivity contribution in [3.05, 3.63) is 29.8 Å². The summed E-state index contributed by atoms with van der Waals surface area (Å²) in [5.74, 6) is 0.738. The minimum Gasteiger partial charge on any atom is -0.487 e. The SMILES string of the molecule is CC1(C)CC(O)(CN)c2ccccc2O1. The van der Waals surface area contributed by atoms with Crippen LogP contribution in [0.5, 0.6) is 5.75 Å². The molecule has 1 atom stereocenters. The molecule has 0 spiro atoms. The van der Waals surface area contributed by atoms with Crippen molar-refractivity contribution in [2.75, 3.05) is 6.54 Å². The van der Waals surface area contributed by atoms with Gasteiger partial charge in [0.1, 0.15) is 17.0 Å². The van der Waals surface area contributed by atoms with Gasteiger partial charge in [0.15, 0.2) is 0 Å². The fourth-order valence-corrected chi connectivity index (χ4v) is 2.26. The van der Waals surface area contributed by atoms with E-state index in [1.807, 2.05) is 38.1 Å². The van der Waals surface area contributed by atoms with E-state index < -0.39 is 5.60 Å². The predicted molar refractivity (Wildman–Crippen MR) is 58.7 cm³/mol. The second-order valence-corrected chi connectivity index (χ2v) is 4.77. The highest BCUT2D eigenvalue weighted by atomic mass is 16.5.